The van der Waals surface area contributed by atoms with Crippen LogP contribution in [0.2, 0.25) is 0 Å². The Morgan fingerprint density at radius 3 is 0.976 bits per heavy atom. The summed E-state index contributed by atoms with van der Waals surface area (Å²) >= 11 is 0. The monoisotopic (exact) mass is 593 g/mol. The second-order valence-electron chi connectivity index (χ2n) is 8.88. The van der Waals surface area contributed by atoms with Crippen LogP contribution in [0.25, 0.3) is 22.3 Å². The van der Waals surface area contributed by atoms with Gasteiger partial charge in [0.2, 0.25) is 0 Å². The quantitative estimate of drug-likeness (QED) is 0.232. The molecule has 0 spiro atoms. The summed E-state index contributed by atoms with van der Waals surface area (Å²) in [5.41, 5.74) is -8.15. The number of para-hydroxylation sites is 1. The van der Waals surface area contributed by atoms with Gasteiger partial charge in [-0.05, 0) is 89.0 Å². The summed E-state index contributed by atoms with van der Waals surface area (Å²) < 4.78 is 162. The minimum absolute atomic E-state index is 0.0272. The number of benzene rings is 4. The minimum Gasteiger partial charge on any atom is -0.355 e. The molecule has 1 nitrogen and oxygen atoms in total. The molecule has 0 saturated carbocycles. The molecule has 0 aliphatic carbocycles. The van der Waals surface area contributed by atoms with Gasteiger partial charge in [0.25, 0.3) is 0 Å². The molecule has 0 aromatic heterocycles. The Kier molecular flexibility index (Phi) is 7.52. The third-order valence-corrected chi connectivity index (χ3v) is 5.84. The van der Waals surface area contributed by atoms with Crippen molar-refractivity contribution in [1.29, 1.82) is 0 Å². The Morgan fingerprint density at radius 2 is 0.659 bits per heavy atom. The van der Waals surface area contributed by atoms with Crippen LogP contribution in [0.15, 0.2) is 84.9 Å². The molecule has 4 aromatic carbocycles. The summed E-state index contributed by atoms with van der Waals surface area (Å²) in [5.74, 6) is 0. The highest BCUT2D eigenvalue weighted by atomic mass is 19.4. The van der Waals surface area contributed by atoms with Crippen LogP contribution in [0, 0.1) is 0 Å². The highest BCUT2D eigenvalue weighted by molar-refractivity contribution is 5.81. The lowest BCUT2D eigenvalue weighted by atomic mass is 9.93. The first kappa shape index (κ1) is 29.8. The molecule has 0 fully saturated rings. The lowest BCUT2D eigenvalue weighted by Gasteiger charge is -2.18. The van der Waals surface area contributed by atoms with Crippen molar-refractivity contribution in [3.8, 4) is 22.3 Å². The summed E-state index contributed by atoms with van der Waals surface area (Å²) in [6.45, 7) is 0. The number of hydrogen-bond donors (Lipinski definition) is 1. The lowest BCUT2D eigenvalue weighted by Crippen LogP contribution is -2.11. The van der Waals surface area contributed by atoms with E-state index in [1.54, 1.807) is 18.2 Å². The van der Waals surface area contributed by atoms with Crippen LogP contribution >= 0.6 is 0 Å². The second-order valence-corrected chi connectivity index (χ2v) is 8.88. The third-order valence-electron chi connectivity index (χ3n) is 5.84. The minimum atomic E-state index is -5.19. The molecule has 4 aromatic rings. The topological polar surface area (TPSA) is 12.0 Å². The molecule has 0 heterocycles. The van der Waals surface area contributed by atoms with Gasteiger partial charge >= 0.3 is 24.7 Å². The Bertz CT molecular complexity index is 1390. The zero-order valence-electron chi connectivity index (χ0n) is 20.1. The van der Waals surface area contributed by atoms with Gasteiger partial charge in [-0.15, -0.1) is 0 Å². The van der Waals surface area contributed by atoms with E-state index in [2.05, 4.69) is 5.32 Å². The first-order valence-corrected chi connectivity index (χ1v) is 11.4. The van der Waals surface area contributed by atoms with E-state index in [0.29, 0.717) is 30.0 Å². The van der Waals surface area contributed by atoms with Gasteiger partial charge in [0.05, 0.1) is 22.3 Å². The van der Waals surface area contributed by atoms with Crippen molar-refractivity contribution >= 4 is 11.4 Å². The Labute approximate surface area is 224 Å². The van der Waals surface area contributed by atoms with Crippen molar-refractivity contribution in [2.24, 2.45) is 0 Å². The maximum atomic E-state index is 13.5. The maximum Gasteiger partial charge on any atom is 0.416 e. The zero-order valence-corrected chi connectivity index (χ0v) is 20.1. The molecule has 216 valence electrons. The maximum absolute atomic E-state index is 13.5. The van der Waals surface area contributed by atoms with Crippen LogP contribution in [0.4, 0.5) is 64.1 Å². The van der Waals surface area contributed by atoms with E-state index in [-0.39, 0.29) is 28.9 Å². The molecule has 0 aliphatic rings. The van der Waals surface area contributed by atoms with Crippen molar-refractivity contribution in [3.05, 3.63) is 107 Å². The van der Waals surface area contributed by atoms with Gasteiger partial charge in [-0.3, -0.25) is 0 Å². The van der Waals surface area contributed by atoms with Crippen LogP contribution in [-0.2, 0) is 24.7 Å². The number of nitrogens with one attached hydrogen (secondary N) is 1. The number of anilines is 2. The van der Waals surface area contributed by atoms with Gasteiger partial charge in [0.1, 0.15) is 0 Å². The normalized spacial score (nSPS) is 12.9. The lowest BCUT2D eigenvalue weighted by molar-refractivity contribution is -0.144. The van der Waals surface area contributed by atoms with Crippen molar-refractivity contribution < 1.29 is 52.7 Å². The van der Waals surface area contributed by atoms with Gasteiger partial charge in [-0.1, -0.05) is 18.2 Å². The first-order valence-electron chi connectivity index (χ1n) is 11.4. The fourth-order valence-corrected chi connectivity index (χ4v) is 3.96. The van der Waals surface area contributed by atoms with Crippen LogP contribution in [0.3, 0.4) is 0 Å². The van der Waals surface area contributed by atoms with E-state index in [1.807, 2.05) is 0 Å². The molecule has 0 bridgehead atoms. The fraction of sp³-hybridized carbons (Fsp3) is 0.143. The second kappa shape index (κ2) is 10.3. The van der Waals surface area contributed by atoms with Gasteiger partial charge in [0.15, 0.2) is 0 Å². The Hall–Kier alpha value is -4.16. The van der Waals surface area contributed by atoms with Gasteiger partial charge in [0, 0.05) is 11.4 Å². The summed E-state index contributed by atoms with van der Waals surface area (Å²) in [6, 6.07) is 12.5. The molecule has 0 aliphatic heterocycles. The standard InChI is InChI=1S/C28H15F12N/c29-25(30,31)19-7-17(8-20(13-19)26(32,33)34)15-6-16(12-24(11-15)41-23-4-2-1-3-5-23)18-9-21(27(35,36)37)14-22(10-18)28(38,39)40/h1-14,41H. The molecule has 41 heavy (non-hydrogen) atoms. The molecule has 4 rings (SSSR count). The number of hydrogen-bond acceptors (Lipinski definition) is 1. The van der Waals surface area contributed by atoms with E-state index in [0.717, 1.165) is 18.2 Å². The van der Waals surface area contributed by atoms with Gasteiger partial charge < -0.3 is 5.32 Å². The van der Waals surface area contributed by atoms with Crippen molar-refractivity contribution in [2.45, 2.75) is 24.7 Å². The predicted octanol–water partition coefficient (Wildman–Crippen LogP) is 10.8. The van der Waals surface area contributed by atoms with E-state index in [1.165, 1.54) is 12.1 Å². The first-order chi connectivity index (χ1) is 18.8. The molecular formula is C28H15F12N. The van der Waals surface area contributed by atoms with Crippen LogP contribution in [0.1, 0.15) is 22.3 Å². The van der Waals surface area contributed by atoms with Crippen LogP contribution in [0.5, 0.6) is 0 Å². The van der Waals surface area contributed by atoms with E-state index in [4.69, 9.17) is 0 Å². The fourth-order valence-electron chi connectivity index (χ4n) is 3.96. The summed E-state index contributed by atoms with van der Waals surface area (Å²) in [6.07, 6.45) is -20.8. The van der Waals surface area contributed by atoms with Crippen molar-refractivity contribution in [1.82, 2.24) is 0 Å². The average Bonchev–Trinajstić information content (AvgIpc) is 2.86. The van der Waals surface area contributed by atoms with E-state index < -0.39 is 58.1 Å². The molecule has 0 saturated heterocycles. The smallest absolute Gasteiger partial charge is 0.355 e. The molecule has 0 amide bonds. The van der Waals surface area contributed by atoms with E-state index in [9.17, 15) is 52.7 Å². The van der Waals surface area contributed by atoms with Gasteiger partial charge in [-0.2, -0.15) is 52.7 Å². The van der Waals surface area contributed by atoms with Crippen molar-refractivity contribution in [2.75, 3.05) is 5.32 Å². The summed E-state index contributed by atoms with van der Waals surface area (Å²) in [4.78, 5) is 0. The third kappa shape index (κ3) is 7.14. The number of rotatable bonds is 4. The summed E-state index contributed by atoms with van der Waals surface area (Å²) in [7, 11) is 0. The summed E-state index contributed by atoms with van der Waals surface area (Å²) in [5, 5.41) is 2.81. The SMILES string of the molecule is FC(F)(F)c1cc(-c2cc(Nc3ccccc3)cc(-c3cc(C(F)(F)F)cc(C(F)(F)F)c3)c2)cc(C(F)(F)F)c1. The molecule has 13 heteroatoms. The van der Waals surface area contributed by atoms with Gasteiger partial charge in [-0.25, -0.2) is 0 Å². The highest BCUT2D eigenvalue weighted by Gasteiger charge is 2.38. The Morgan fingerprint density at radius 1 is 0.341 bits per heavy atom. The number of halogens is 12. The average molecular weight is 593 g/mol. The van der Waals surface area contributed by atoms with Crippen LogP contribution in [-0.4, -0.2) is 0 Å². The molecule has 0 radical (unpaired) electrons. The highest BCUT2D eigenvalue weighted by Crippen LogP contribution is 2.42. The molecular weight excluding hydrogens is 578 g/mol. The molecule has 0 unspecified atom stereocenters. The zero-order chi connectivity index (χ0) is 30.4. The Balaban J connectivity index is 2.00. The molecule has 1 N–H and O–H groups in total. The van der Waals surface area contributed by atoms with E-state index >= 15 is 0 Å². The van der Waals surface area contributed by atoms with Crippen LogP contribution < -0.4 is 5.32 Å². The largest absolute Gasteiger partial charge is 0.416 e. The van der Waals surface area contributed by atoms with Crippen molar-refractivity contribution in [3.63, 3.8) is 0 Å². The number of alkyl halides is 12. The predicted molar refractivity (Wildman–Crippen MR) is 127 cm³/mol. The molecule has 0 atom stereocenters.